The van der Waals surface area contributed by atoms with E-state index in [0.29, 0.717) is 0 Å². The van der Waals surface area contributed by atoms with Gasteiger partial charge in [-0.25, -0.2) is 0 Å². The zero-order valence-electron chi connectivity index (χ0n) is 10.8. The van der Waals surface area contributed by atoms with Gasteiger partial charge in [0.25, 0.3) is 0 Å². The summed E-state index contributed by atoms with van der Waals surface area (Å²) < 4.78 is 10.7. The lowest BCUT2D eigenvalue weighted by Gasteiger charge is -2.20. The van der Waals surface area contributed by atoms with Crippen LogP contribution in [0.4, 0.5) is 0 Å². The maximum absolute atomic E-state index is 5.61. The van der Waals surface area contributed by atoms with Crippen molar-refractivity contribution in [3.8, 4) is 11.5 Å². The molecule has 0 amide bonds. The first kappa shape index (κ1) is 13.8. The number of unbranched alkanes of at least 4 members (excludes halogenated alkanes) is 1. The summed E-state index contributed by atoms with van der Waals surface area (Å²) in [5.74, 6) is 7.11. The zero-order chi connectivity index (χ0) is 12.7. The summed E-state index contributed by atoms with van der Waals surface area (Å²) >= 11 is 0. The highest BCUT2D eigenvalue weighted by Crippen LogP contribution is 2.35. The van der Waals surface area contributed by atoms with Gasteiger partial charge in [0.2, 0.25) is 0 Å². The molecule has 0 aliphatic heterocycles. The van der Waals surface area contributed by atoms with Crippen LogP contribution in [0.3, 0.4) is 0 Å². The van der Waals surface area contributed by atoms with Gasteiger partial charge >= 0.3 is 0 Å². The number of ether oxygens (including phenoxy) is 2. The first-order chi connectivity index (χ1) is 8.28. The van der Waals surface area contributed by atoms with Crippen molar-refractivity contribution < 1.29 is 9.47 Å². The van der Waals surface area contributed by atoms with Crippen LogP contribution >= 0.6 is 0 Å². The molecule has 17 heavy (non-hydrogen) atoms. The molecule has 0 saturated heterocycles. The first-order valence-electron chi connectivity index (χ1n) is 5.95. The fraction of sp³-hybridized carbons (Fsp3) is 0.538. The van der Waals surface area contributed by atoms with Gasteiger partial charge in [-0.1, -0.05) is 31.9 Å². The Hall–Kier alpha value is -1.26. The van der Waals surface area contributed by atoms with Crippen molar-refractivity contribution in [2.24, 2.45) is 5.84 Å². The summed E-state index contributed by atoms with van der Waals surface area (Å²) in [6.45, 7) is 2.16. The van der Waals surface area contributed by atoms with Crippen LogP contribution in [0.2, 0.25) is 0 Å². The number of hydrogen-bond donors (Lipinski definition) is 2. The van der Waals surface area contributed by atoms with E-state index >= 15 is 0 Å². The van der Waals surface area contributed by atoms with E-state index < -0.39 is 0 Å². The molecular weight excluding hydrogens is 216 g/mol. The molecule has 1 aromatic rings. The van der Waals surface area contributed by atoms with Gasteiger partial charge in [-0.05, 0) is 12.5 Å². The van der Waals surface area contributed by atoms with Crippen LogP contribution in [0.15, 0.2) is 18.2 Å². The molecule has 0 bridgehead atoms. The summed E-state index contributed by atoms with van der Waals surface area (Å²) in [6, 6.07) is 5.95. The molecule has 0 radical (unpaired) electrons. The predicted molar refractivity (Wildman–Crippen MR) is 69.1 cm³/mol. The summed E-state index contributed by atoms with van der Waals surface area (Å²) in [7, 11) is 3.29. The summed E-state index contributed by atoms with van der Waals surface area (Å²) in [6.07, 6.45) is 3.25. The number of para-hydroxylation sites is 1. The molecule has 1 rings (SSSR count). The zero-order valence-corrected chi connectivity index (χ0v) is 10.8. The highest BCUT2D eigenvalue weighted by atomic mass is 16.5. The van der Waals surface area contributed by atoms with Gasteiger partial charge in [-0.15, -0.1) is 0 Å². The number of benzene rings is 1. The van der Waals surface area contributed by atoms with Crippen LogP contribution in [0.25, 0.3) is 0 Å². The fourth-order valence-corrected chi connectivity index (χ4v) is 1.92. The van der Waals surface area contributed by atoms with Crippen molar-refractivity contribution in [3.63, 3.8) is 0 Å². The molecule has 0 fully saturated rings. The van der Waals surface area contributed by atoms with Crippen LogP contribution in [0, 0.1) is 0 Å². The van der Waals surface area contributed by atoms with E-state index in [-0.39, 0.29) is 6.04 Å². The van der Waals surface area contributed by atoms with Crippen LogP contribution in [0.5, 0.6) is 11.5 Å². The number of hydrogen-bond acceptors (Lipinski definition) is 4. The third-order valence-corrected chi connectivity index (χ3v) is 2.86. The Balaban J connectivity index is 3.00. The van der Waals surface area contributed by atoms with E-state index in [4.69, 9.17) is 15.3 Å². The van der Waals surface area contributed by atoms with E-state index in [1.165, 1.54) is 0 Å². The molecule has 4 nitrogen and oxygen atoms in total. The quantitative estimate of drug-likeness (QED) is 0.565. The Morgan fingerprint density at radius 1 is 1.29 bits per heavy atom. The smallest absolute Gasteiger partial charge is 0.165 e. The van der Waals surface area contributed by atoms with E-state index in [0.717, 1.165) is 36.3 Å². The molecule has 3 N–H and O–H groups in total. The van der Waals surface area contributed by atoms with E-state index in [1.807, 2.05) is 18.2 Å². The molecule has 0 heterocycles. The Morgan fingerprint density at radius 3 is 2.59 bits per heavy atom. The van der Waals surface area contributed by atoms with Crippen LogP contribution in [-0.2, 0) is 0 Å². The number of nitrogens with one attached hydrogen (secondary N) is 1. The molecule has 0 spiro atoms. The van der Waals surface area contributed by atoms with E-state index in [9.17, 15) is 0 Å². The van der Waals surface area contributed by atoms with Gasteiger partial charge < -0.3 is 9.47 Å². The number of hydrazine groups is 1. The SMILES string of the molecule is CCCCC(NN)c1cccc(OC)c1OC. The lowest BCUT2D eigenvalue weighted by Crippen LogP contribution is -2.28. The van der Waals surface area contributed by atoms with E-state index in [2.05, 4.69) is 12.3 Å². The maximum Gasteiger partial charge on any atom is 0.165 e. The molecule has 0 aliphatic carbocycles. The van der Waals surface area contributed by atoms with Crippen LogP contribution in [-0.4, -0.2) is 14.2 Å². The second kappa shape index (κ2) is 7.14. The molecule has 1 atom stereocenters. The van der Waals surface area contributed by atoms with Crippen molar-refractivity contribution in [1.82, 2.24) is 5.43 Å². The normalized spacial score (nSPS) is 12.2. The molecular formula is C13H22N2O2. The molecule has 0 saturated carbocycles. The highest BCUT2D eigenvalue weighted by Gasteiger charge is 2.17. The van der Waals surface area contributed by atoms with Crippen LogP contribution in [0.1, 0.15) is 37.8 Å². The number of methoxy groups -OCH3 is 2. The lowest BCUT2D eigenvalue weighted by molar-refractivity contribution is 0.344. The minimum atomic E-state index is 0.0972. The Labute approximate surface area is 103 Å². The second-order valence-corrected chi connectivity index (χ2v) is 3.94. The molecule has 0 aromatic heterocycles. The average Bonchev–Trinajstić information content (AvgIpc) is 2.39. The standard InChI is InChI=1S/C13H22N2O2/c1-4-5-8-11(15-14)10-7-6-9-12(16-2)13(10)17-3/h6-7,9,11,15H,4-5,8,14H2,1-3H3. The molecule has 1 unspecified atom stereocenters. The van der Waals surface area contributed by atoms with Crippen molar-refractivity contribution in [3.05, 3.63) is 23.8 Å². The summed E-state index contributed by atoms with van der Waals surface area (Å²) in [5.41, 5.74) is 3.89. The first-order valence-corrected chi connectivity index (χ1v) is 5.95. The maximum atomic E-state index is 5.61. The van der Waals surface area contributed by atoms with Gasteiger partial charge in [0, 0.05) is 11.6 Å². The third kappa shape index (κ3) is 3.35. The van der Waals surface area contributed by atoms with Gasteiger partial charge in [-0.3, -0.25) is 11.3 Å². The predicted octanol–water partition coefficient (Wildman–Crippen LogP) is 2.40. The molecule has 0 aliphatic rings. The molecule has 4 heteroatoms. The lowest BCUT2D eigenvalue weighted by atomic mass is 10.0. The van der Waals surface area contributed by atoms with Gasteiger partial charge in [0.1, 0.15) is 0 Å². The fourth-order valence-electron chi connectivity index (χ4n) is 1.92. The van der Waals surface area contributed by atoms with E-state index in [1.54, 1.807) is 14.2 Å². The summed E-state index contributed by atoms with van der Waals surface area (Å²) in [5, 5.41) is 0. The van der Waals surface area contributed by atoms with Crippen molar-refractivity contribution >= 4 is 0 Å². The monoisotopic (exact) mass is 238 g/mol. The minimum absolute atomic E-state index is 0.0972. The number of nitrogens with two attached hydrogens (primary N) is 1. The van der Waals surface area contributed by atoms with Crippen molar-refractivity contribution in [2.75, 3.05) is 14.2 Å². The average molecular weight is 238 g/mol. The van der Waals surface area contributed by atoms with Gasteiger partial charge in [0.05, 0.1) is 14.2 Å². The second-order valence-electron chi connectivity index (χ2n) is 3.94. The van der Waals surface area contributed by atoms with Gasteiger partial charge in [0.15, 0.2) is 11.5 Å². The van der Waals surface area contributed by atoms with Crippen molar-refractivity contribution in [2.45, 2.75) is 32.2 Å². The Bertz CT molecular complexity index is 342. The minimum Gasteiger partial charge on any atom is -0.493 e. The molecule has 1 aromatic carbocycles. The summed E-state index contributed by atoms with van der Waals surface area (Å²) in [4.78, 5) is 0. The number of rotatable bonds is 7. The Morgan fingerprint density at radius 2 is 2.06 bits per heavy atom. The van der Waals surface area contributed by atoms with Crippen molar-refractivity contribution in [1.29, 1.82) is 0 Å². The topological polar surface area (TPSA) is 56.5 Å². The van der Waals surface area contributed by atoms with Gasteiger partial charge in [-0.2, -0.15) is 0 Å². The third-order valence-electron chi connectivity index (χ3n) is 2.86. The molecule has 96 valence electrons. The largest absolute Gasteiger partial charge is 0.493 e. The Kier molecular flexibility index (Phi) is 5.80. The highest BCUT2D eigenvalue weighted by molar-refractivity contribution is 5.48. The van der Waals surface area contributed by atoms with Crippen LogP contribution < -0.4 is 20.7 Å².